The molecule has 0 aliphatic rings. The molecule has 7 heteroatoms. The Morgan fingerprint density at radius 1 is 1.47 bits per heavy atom. The van der Waals surface area contributed by atoms with E-state index in [1.807, 2.05) is 0 Å². The molecule has 0 aliphatic carbocycles. The average Bonchev–Trinajstić information content (AvgIpc) is 2.86. The van der Waals surface area contributed by atoms with Gasteiger partial charge in [0, 0.05) is 5.56 Å². The van der Waals surface area contributed by atoms with Gasteiger partial charge in [0.2, 0.25) is 0 Å². The first kappa shape index (κ1) is 13.7. The van der Waals surface area contributed by atoms with Gasteiger partial charge in [-0.2, -0.15) is 5.10 Å². The van der Waals surface area contributed by atoms with Gasteiger partial charge in [-0.15, -0.1) is 0 Å². The third-order valence-electron chi connectivity index (χ3n) is 2.38. The first-order valence-electron chi connectivity index (χ1n) is 5.41. The van der Waals surface area contributed by atoms with Gasteiger partial charge in [-0.25, -0.2) is 13.6 Å². The lowest BCUT2D eigenvalue weighted by Crippen LogP contribution is -2.04. The summed E-state index contributed by atoms with van der Waals surface area (Å²) in [6.07, 6.45) is 0. The van der Waals surface area contributed by atoms with Crippen molar-refractivity contribution in [3.8, 4) is 11.3 Å². The molecule has 2 rings (SSSR count). The number of carbonyl (C=O) groups excluding carboxylic acids is 1. The summed E-state index contributed by atoms with van der Waals surface area (Å²) >= 11 is 2.81. The lowest BCUT2D eigenvalue weighted by atomic mass is 10.1. The molecule has 0 amide bonds. The van der Waals surface area contributed by atoms with Gasteiger partial charge in [-0.1, -0.05) is 0 Å². The fourth-order valence-electron chi connectivity index (χ4n) is 1.50. The highest BCUT2D eigenvalue weighted by atomic mass is 79.9. The fourth-order valence-corrected chi connectivity index (χ4v) is 1.84. The standard InChI is InChI=1S/C12H9BrF2N2O2/c1-2-19-12(18)9-5-8(16-17-9)6-3-4-7(14)10(13)11(6)15/h3-5H,2H2,1H3,(H,16,17). The maximum absolute atomic E-state index is 13.8. The summed E-state index contributed by atoms with van der Waals surface area (Å²) in [5.41, 5.74) is 0.387. The molecule has 1 N–H and O–H groups in total. The summed E-state index contributed by atoms with van der Waals surface area (Å²) in [5, 5.41) is 6.26. The minimum absolute atomic E-state index is 0.0834. The number of nitrogens with one attached hydrogen (secondary N) is 1. The molecular weight excluding hydrogens is 322 g/mol. The third kappa shape index (κ3) is 2.65. The molecule has 0 saturated heterocycles. The van der Waals surface area contributed by atoms with Crippen LogP contribution >= 0.6 is 15.9 Å². The Hall–Kier alpha value is -1.76. The van der Waals surface area contributed by atoms with Crippen LogP contribution in [0.25, 0.3) is 11.3 Å². The maximum Gasteiger partial charge on any atom is 0.356 e. The van der Waals surface area contributed by atoms with Crippen molar-refractivity contribution in [2.75, 3.05) is 6.61 Å². The predicted molar refractivity (Wildman–Crippen MR) is 67.6 cm³/mol. The molecule has 2 aromatic rings. The molecule has 0 unspecified atom stereocenters. The Bertz CT molecular complexity index is 628. The molecule has 0 atom stereocenters. The second-order valence-corrected chi connectivity index (χ2v) is 4.40. The van der Waals surface area contributed by atoms with Crippen molar-refractivity contribution in [1.29, 1.82) is 0 Å². The summed E-state index contributed by atoms with van der Waals surface area (Å²) in [4.78, 5) is 11.4. The van der Waals surface area contributed by atoms with Crippen LogP contribution in [0.5, 0.6) is 0 Å². The zero-order chi connectivity index (χ0) is 14.0. The van der Waals surface area contributed by atoms with Crippen LogP contribution in [0.15, 0.2) is 22.7 Å². The van der Waals surface area contributed by atoms with E-state index in [2.05, 4.69) is 26.1 Å². The first-order chi connectivity index (χ1) is 9.04. The molecule has 0 saturated carbocycles. The van der Waals surface area contributed by atoms with Crippen LogP contribution in [-0.4, -0.2) is 22.8 Å². The second kappa shape index (κ2) is 5.48. The monoisotopic (exact) mass is 330 g/mol. The SMILES string of the molecule is CCOC(=O)c1cc(-c2ccc(F)c(Br)c2F)n[nH]1. The van der Waals surface area contributed by atoms with Crippen molar-refractivity contribution in [2.45, 2.75) is 6.92 Å². The van der Waals surface area contributed by atoms with E-state index in [-0.39, 0.29) is 28.0 Å². The van der Waals surface area contributed by atoms with Crippen molar-refractivity contribution in [3.63, 3.8) is 0 Å². The summed E-state index contributed by atoms with van der Waals surface area (Å²) in [6.45, 7) is 1.90. The number of halogens is 3. The van der Waals surface area contributed by atoms with Crippen LogP contribution < -0.4 is 0 Å². The van der Waals surface area contributed by atoms with Crippen molar-refractivity contribution < 1.29 is 18.3 Å². The van der Waals surface area contributed by atoms with Gasteiger partial charge in [0.25, 0.3) is 0 Å². The summed E-state index contributed by atoms with van der Waals surface area (Å²) < 4.78 is 31.5. The molecule has 0 fully saturated rings. The minimum Gasteiger partial charge on any atom is -0.461 e. The average molecular weight is 331 g/mol. The number of esters is 1. The molecule has 1 aromatic heterocycles. The number of ether oxygens (including phenoxy) is 1. The third-order valence-corrected chi connectivity index (χ3v) is 3.11. The Morgan fingerprint density at radius 3 is 2.89 bits per heavy atom. The summed E-state index contributed by atoms with van der Waals surface area (Å²) in [7, 11) is 0. The van der Waals surface area contributed by atoms with Crippen LogP contribution in [0, 0.1) is 11.6 Å². The molecule has 0 bridgehead atoms. The smallest absolute Gasteiger partial charge is 0.356 e. The van der Waals surface area contributed by atoms with E-state index in [0.29, 0.717) is 0 Å². The predicted octanol–water partition coefficient (Wildman–Crippen LogP) is 3.29. The van der Waals surface area contributed by atoms with Crippen LogP contribution in [0.1, 0.15) is 17.4 Å². The maximum atomic E-state index is 13.8. The zero-order valence-corrected chi connectivity index (χ0v) is 11.4. The normalized spacial score (nSPS) is 10.5. The van der Waals surface area contributed by atoms with Gasteiger partial charge in [0.15, 0.2) is 0 Å². The van der Waals surface area contributed by atoms with E-state index in [0.717, 1.165) is 6.07 Å². The number of carbonyl (C=O) groups is 1. The molecule has 0 aliphatic heterocycles. The van der Waals surface area contributed by atoms with Crippen molar-refractivity contribution >= 4 is 21.9 Å². The molecule has 1 aromatic carbocycles. The van der Waals surface area contributed by atoms with Crippen LogP contribution in [0.2, 0.25) is 0 Å². The quantitative estimate of drug-likeness (QED) is 0.694. The lowest BCUT2D eigenvalue weighted by molar-refractivity contribution is 0.0519. The van der Waals surface area contributed by atoms with E-state index < -0.39 is 17.6 Å². The lowest BCUT2D eigenvalue weighted by Gasteiger charge is -2.02. The number of aromatic amines is 1. The largest absolute Gasteiger partial charge is 0.461 e. The van der Waals surface area contributed by atoms with Gasteiger partial charge in [-0.05, 0) is 41.1 Å². The van der Waals surface area contributed by atoms with Crippen LogP contribution in [0.3, 0.4) is 0 Å². The number of rotatable bonds is 3. The highest BCUT2D eigenvalue weighted by Crippen LogP contribution is 2.29. The molecule has 100 valence electrons. The highest BCUT2D eigenvalue weighted by molar-refractivity contribution is 9.10. The fraction of sp³-hybridized carbons (Fsp3) is 0.167. The topological polar surface area (TPSA) is 55.0 Å². The molecule has 0 spiro atoms. The number of H-pyrrole nitrogens is 1. The van der Waals surface area contributed by atoms with E-state index in [4.69, 9.17) is 4.74 Å². The van der Waals surface area contributed by atoms with Gasteiger partial charge >= 0.3 is 5.97 Å². The second-order valence-electron chi connectivity index (χ2n) is 3.61. The Morgan fingerprint density at radius 2 is 2.21 bits per heavy atom. The zero-order valence-electron chi connectivity index (χ0n) is 9.84. The van der Waals surface area contributed by atoms with Gasteiger partial charge in [0.05, 0.1) is 16.8 Å². The van der Waals surface area contributed by atoms with Crippen LogP contribution in [-0.2, 0) is 4.74 Å². The van der Waals surface area contributed by atoms with E-state index in [1.54, 1.807) is 6.92 Å². The first-order valence-corrected chi connectivity index (χ1v) is 6.20. The number of benzene rings is 1. The van der Waals surface area contributed by atoms with E-state index in [9.17, 15) is 13.6 Å². The van der Waals surface area contributed by atoms with E-state index >= 15 is 0 Å². The van der Waals surface area contributed by atoms with Crippen LogP contribution in [0.4, 0.5) is 8.78 Å². The Balaban J connectivity index is 2.38. The van der Waals surface area contributed by atoms with Gasteiger partial charge in [-0.3, -0.25) is 5.10 Å². The van der Waals surface area contributed by atoms with Crippen molar-refractivity contribution in [2.24, 2.45) is 0 Å². The molecule has 4 nitrogen and oxygen atoms in total. The Kier molecular flexibility index (Phi) is 3.94. The number of nitrogens with zero attached hydrogens (tertiary/aromatic N) is 1. The molecule has 1 heterocycles. The van der Waals surface area contributed by atoms with Gasteiger partial charge < -0.3 is 4.74 Å². The molecule has 0 radical (unpaired) electrons. The minimum atomic E-state index is -0.776. The number of hydrogen-bond donors (Lipinski definition) is 1. The summed E-state index contributed by atoms with van der Waals surface area (Å²) in [5.74, 6) is -2.06. The molecule has 19 heavy (non-hydrogen) atoms. The summed E-state index contributed by atoms with van der Waals surface area (Å²) in [6, 6.07) is 3.71. The van der Waals surface area contributed by atoms with E-state index in [1.165, 1.54) is 12.1 Å². The Labute approximate surface area is 115 Å². The van der Waals surface area contributed by atoms with Crippen molar-refractivity contribution in [1.82, 2.24) is 10.2 Å². The van der Waals surface area contributed by atoms with Gasteiger partial charge in [0.1, 0.15) is 17.3 Å². The van der Waals surface area contributed by atoms with Crippen molar-refractivity contribution in [3.05, 3.63) is 40.0 Å². The molecular formula is C12H9BrF2N2O2. The highest BCUT2D eigenvalue weighted by Gasteiger charge is 2.17. The number of hydrogen-bond acceptors (Lipinski definition) is 3. The number of aromatic nitrogens is 2.